The lowest BCUT2D eigenvalue weighted by atomic mass is 10.2. The van der Waals surface area contributed by atoms with Crippen LogP contribution in [0.1, 0.15) is 5.69 Å². The van der Waals surface area contributed by atoms with Crippen molar-refractivity contribution in [2.24, 2.45) is 0 Å². The third-order valence-corrected chi connectivity index (χ3v) is 3.62. The molecule has 0 aliphatic rings. The summed E-state index contributed by atoms with van der Waals surface area (Å²) < 4.78 is 30.2. The Morgan fingerprint density at radius 3 is 2.82 bits per heavy atom. The standard InChI is InChI=1S/C14H11F2N3O2S/c15-13(16)21-11-3-1-9(2-4-11)17-12(20)7-10-8-19-5-6-22-14(19)18-10/h1-6,8,13H,7H2,(H,17,20). The number of fused-ring (bicyclic) bond motifs is 1. The number of benzene rings is 1. The van der Waals surface area contributed by atoms with Crippen LogP contribution in [0.4, 0.5) is 14.5 Å². The Hall–Kier alpha value is -2.48. The predicted molar refractivity (Wildman–Crippen MR) is 78.5 cm³/mol. The van der Waals surface area contributed by atoms with Gasteiger partial charge in [0.15, 0.2) is 4.96 Å². The van der Waals surface area contributed by atoms with Crippen LogP contribution in [0.25, 0.3) is 4.96 Å². The molecule has 3 aromatic rings. The first-order valence-corrected chi connectivity index (χ1v) is 7.24. The number of rotatable bonds is 5. The number of nitrogens with zero attached hydrogens (tertiary/aromatic N) is 2. The highest BCUT2D eigenvalue weighted by Gasteiger charge is 2.09. The number of nitrogens with one attached hydrogen (secondary N) is 1. The molecule has 0 atom stereocenters. The SMILES string of the molecule is O=C(Cc1cn2ccsc2n1)Nc1ccc(OC(F)F)cc1. The fraction of sp³-hybridized carbons (Fsp3) is 0.143. The van der Waals surface area contributed by atoms with Crippen molar-refractivity contribution in [1.82, 2.24) is 9.38 Å². The maximum atomic E-state index is 12.0. The van der Waals surface area contributed by atoms with Gasteiger partial charge in [0.25, 0.3) is 0 Å². The van der Waals surface area contributed by atoms with E-state index in [-0.39, 0.29) is 18.1 Å². The normalized spacial score (nSPS) is 11.0. The van der Waals surface area contributed by atoms with Crippen LogP contribution in [0, 0.1) is 0 Å². The number of carbonyl (C=O) groups is 1. The number of halogens is 2. The average molecular weight is 323 g/mol. The monoisotopic (exact) mass is 323 g/mol. The van der Waals surface area contributed by atoms with E-state index in [2.05, 4.69) is 15.0 Å². The van der Waals surface area contributed by atoms with E-state index in [0.717, 1.165) is 4.96 Å². The molecule has 0 radical (unpaired) electrons. The molecule has 2 aromatic heterocycles. The maximum Gasteiger partial charge on any atom is 0.387 e. The molecule has 1 N–H and O–H groups in total. The third-order valence-electron chi connectivity index (χ3n) is 2.85. The van der Waals surface area contributed by atoms with Crippen molar-refractivity contribution in [3.05, 3.63) is 47.7 Å². The molecule has 22 heavy (non-hydrogen) atoms. The van der Waals surface area contributed by atoms with E-state index < -0.39 is 6.61 Å². The van der Waals surface area contributed by atoms with Gasteiger partial charge in [0, 0.05) is 23.5 Å². The van der Waals surface area contributed by atoms with Crippen molar-refractivity contribution >= 4 is 27.9 Å². The van der Waals surface area contributed by atoms with Crippen LogP contribution < -0.4 is 10.1 Å². The molecule has 0 unspecified atom stereocenters. The summed E-state index contributed by atoms with van der Waals surface area (Å²) in [5.74, 6) is -0.185. The minimum absolute atomic E-state index is 0.0438. The van der Waals surface area contributed by atoms with E-state index in [1.165, 1.54) is 35.6 Å². The smallest absolute Gasteiger partial charge is 0.387 e. The fourth-order valence-electron chi connectivity index (χ4n) is 1.95. The minimum atomic E-state index is -2.87. The molecule has 2 heterocycles. The summed E-state index contributed by atoms with van der Waals surface area (Å²) in [6.07, 6.45) is 3.81. The quantitative estimate of drug-likeness (QED) is 0.784. The summed E-state index contributed by atoms with van der Waals surface area (Å²) in [4.78, 5) is 17.1. The van der Waals surface area contributed by atoms with Gasteiger partial charge in [-0.15, -0.1) is 11.3 Å². The van der Waals surface area contributed by atoms with Gasteiger partial charge >= 0.3 is 6.61 Å². The van der Waals surface area contributed by atoms with Gasteiger partial charge < -0.3 is 10.1 Å². The Morgan fingerprint density at radius 2 is 2.14 bits per heavy atom. The molecule has 0 saturated carbocycles. The lowest BCUT2D eigenvalue weighted by molar-refractivity contribution is -0.115. The molecule has 3 rings (SSSR count). The summed E-state index contributed by atoms with van der Waals surface area (Å²) in [6, 6.07) is 5.74. The summed E-state index contributed by atoms with van der Waals surface area (Å²) in [5, 5.41) is 4.59. The van der Waals surface area contributed by atoms with Crippen LogP contribution >= 0.6 is 11.3 Å². The zero-order chi connectivity index (χ0) is 15.5. The van der Waals surface area contributed by atoms with E-state index in [1.807, 2.05) is 16.0 Å². The molecular formula is C14H11F2N3O2S. The molecule has 114 valence electrons. The molecule has 0 saturated heterocycles. The van der Waals surface area contributed by atoms with Crippen molar-refractivity contribution in [2.45, 2.75) is 13.0 Å². The Labute approximate surface area is 128 Å². The van der Waals surface area contributed by atoms with Crippen molar-refractivity contribution in [1.29, 1.82) is 0 Å². The van der Waals surface area contributed by atoms with E-state index in [0.29, 0.717) is 11.4 Å². The number of hydrogen-bond acceptors (Lipinski definition) is 4. The van der Waals surface area contributed by atoms with Gasteiger partial charge in [0.2, 0.25) is 5.91 Å². The van der Waals surface area contributed by atoms with Crippen molar-refractivity contribution < 1.29 is 18.3 Å². The Kier molecular flexibility index (Phi) is 4.01. The van der Waals surface area contributed by atoms with Crippen molar-refractivity contribution in [3.8, 4) is 5.75 Å². The van der Waals surface area contributed by atoms with Gasteiger partial charge in [-0.2, -0.15) is 8.78 Å². The largest absolute Gasteiger partial charge is 0.435 e. The fourth-order valence-corrected chi connectivity index (χ4v) is 2.67. The number of thiazole rings is 1. The molecule has 0 bridgehead atoms. The second kappa shape index (κ2) is 6.10. The zero-order valence-corrected chi connectivity index (χ0v) is 12.0. The third kappa shape index (κ3) is 3.40. The Bertz CT molecular complexity index is 754. The summed E-state index contributed by atoms with van der Waals surface area (Å²) in [5.41, 5.74) is 1.18. The summed E-state index contributed by atoms with van der Waals surface area (Å²) in [6.45, 7) is -2.87. The van der Waals surface area contributed by atoms with Crippen LogP contribution in [0.2, 0.25) is 0 Å². The first kappa shape index (κ1) is 14.5. The summed E-state index contributed by atoms with van der Waals surface area (Å²) in [7, 11) is 0. The summed E-state index contributed by atoms with van der Waals surface area (Å²) >= 11 is 1.49. The second-order valence-corrected chi connectivity index (χ2v) is 5.33. The number of imidazole rings is 1. The number of alkyl halides is 2. The Balaban J connectivity index is 1.60. The number of carbonyl (C=O) groups excluding carboxylic acids is 1. The molecule has 5 nitrogen and oxygen atoms in total. The van der Waals surface area contributed by atoms with Crippen LogP contribution in [0.15, 0.2) is 42.0 Å². The van der Waals surface area contributed by atoms with Gasteiger partial charge in [-0.3, -0.25) is 9.20 Å². The van der Waals surface area contributed by atoms with Crippen molar-refractivity contribution in [3.63, 3.8) is 0 Å². The number of ether oxygens (including phenoxy) is 1. The molecule has 0 aliphatic heterocycles. The highest BCUT2D eigenvalue weighted by molar-refractivity contribution is 7.15. The molecule has 0 spiro atoms. The first-order chi connectivity index (χ1) is 10.6. The number of hydrogen-bond donors (Lipinski definition) is 1. The van der Waals surface area contributed by atoms with Crippen molar-refractivity contribution in [2.75, 3.05) is 5.32 Å². The van der Waals surface area contributed by atoms with Gasteiger partial charge in [-0.25, -0.2) is 4.98 Å². The molecule has 8 heteroatoms. The van der Waals surface area contributed by atoms with E-state index in [1.54, 1.807) is 6.20 Å². The van der Waals surface area contributed by atoms with Crippen LogP contribution in [-0.4, -0.2) is 21.9 Å². The highest BCUT2D eigenvalue weighted by atomic mass is 32.1. The van der Waals surface area contributed by atoms with Crippen LogP contribution in [-0.2, 0) is 11.2 Å². The first-order valence-electron chi connectivity index (χ1n) is 6.36. The van der Waals surface area contributed by atoms with E-state index >= 15 is 0 Å². The molecule has 1 amide bonds. The minimum Gasteiger partial charge on any atom is -0.435 e. The topological polar surface area (TPSA) is 55.6 Å². The maximum absolute atomic E-state index is 12.0. The second-order valence-electron chi connectivity index (χ2n) is 4.45. The van der Waals surface area contributed by atoms with Crippen LogP contribution in [0.3, 0.4) is 0 Å². The lowest BCUT2D eigenvalue weighted by Gasteiger charge is -2.07. The average Bonchev–Trinajstić information content (AvgIpc) is 3.01. The van der Waals surface area contributed by atoms with E-state index in [9.17, 15) is 13.6 Å². The highest BCUT2D eigenvalue weighted by Crippen LogP contribution is 2.18. The van der Waals surface area contributed by atoms with Gasteiger partial charge in [-0.05, 0) is 24.3 Å². The van der Waals surface area contributed by atoms with Crippen LogP contribution in [0.5, 0.6) is 5.75 Å². The van der Waals surface area contributed by atoms with Gasteiger partial charge in [0.1, 0.15) is 5.75 Å². The number of amides is 1. The zero-order valence-electron chi connectivity index (χ0n) is 11.2. The van der Waals surface area contributed by atoms with E-state index in [4.69, 9.17) is 0 Å². The number of anilines is 1. The van der Waals surface area contributed by atoms with Gasteiger partial charge in [-0.1, -0.05) is 0 Å². The molecule has 0 aliphatic carbocycles. The molecular weight excluding hydrogens is 312 g/mol. The lowest BCUT2D eigenvalue weighted by Crippen LogP contribution is -2.14. The van der Waals surface area contributed by atoms with Gasteiger partial charge in [0.05, 0.1) is 12.1 Å². The molecule has 0 fully saturated rings. The number of aromatic nitrogens is 2. The Morgan fingerprint density at radius 1 is 1.36 bits per heavy atom. The molecule has 1 aromatic carbocycles. The predicted octanol–water partition coefficient (Wildman–Crippen LogP) is 3.18.